The van der Waals surface area contributed by atoms with Crippen molar-refractivity contribution in [2.75, 3.05) is 6.61 Å². The van der Waals surface area contributed by atoms with Crippen LogP contribution in [0.1, 0.15) is 40.0 Å². The number of hydrogen-bond donors (Lipinski definition) is 0. The molecule has 3 aliphatic rings. The summed E-state index contributed by atoms with van der Waals surface area (Å²) in [6.07, 6.45) is 5.52. The molecule has 0 bridgehead atoms. The normalized spacial score (nSPS) is 35.0. The van der Waals surface area contributed by atoms with Gasteiger partial charge in [-0.3, -0.25) is 0 Å². The topological polar surface area (TPSA) is 26.3 Å². The average Bonchev–Trinajstić information content (AvgIpc) is 2.68. The number of carbonyl (C=O) groups excluding carboxylic acids is 1. The molecule has 1 saturated heterocycles. The highest BCUT2D eigenvalue weighted by atomic mass is 16.5. The molecule has 3 rings (SSSR count). The molecule has 0 radical (unpaired) electrons. The minimum atomic E-state index is -0.0827. The van der Waals surface area contributed by atoms with E-state index in [9.17, 15) is 4.79 Å². The lowest BCUT2D eigenvalue weighted by atomic mass is 9.83. The van der Waals surface area contributed by atoms with Gasteiger partial charge in [-0.1, -0.05) is 26.3 Å². The highest BCUT2D eigenvalue weighted by Gasteiger charge is 2.39. The molecular formula is C15H20O2. The molecule has 0 spiro atoms. The molecule has 0 aromatic heterocycles. The van der Waals surface area contributed by atoms with Gasteiger partial charge in [0, 0.05) is 11.5 Å². The maximum absolute atomic E-state index is 11.7. The van der Waals surface area contributed by atoms with Crippen LogP contribution in [-0.2, 0) is 9.53 Å². The van der Waals surface area contributed by atoms with Crippen LogP contribution in [-0.4, -0.2) is 12.6 Å². The second-order valence-corrected chi connectivity index (χ2v) is 6.60. The molecule has 0 amide bonds. The number of esters is 1. The van der Waals surface area contributed by atoms with E-state index in [1.165, 1.54) is 12.0 Å². The summed E-state index contributed by atoms with van der Waals surface area (Å²) in [6.45, 7) is 7.53. The molecular weight excluding hydrogens is 212 g/mol. The Morgan fingerprint density at radius 2 is 2.12 bits per heavy atom. The third kappa shape index (κ3) is 1.74. The first kappa shape index (κ1) is 11.1. The molecule has 1 aliphatic heterocycles. The number of fused-ring (bicyclic) bond motifs is 1. The summed E-state index contributed by atoms with van der Waals surface area (Å²) < 4.78 is 5.17. The van der Waals surface area contributed by atoms with Crippen LogP contribution in [0.4, 0.5) is 0 Å². The fourth-order valence-electron chi connectivity index (χ4n) is 3.60. The predicted octanol–water partition coefficient (Wildman–Crippen LogP) is 3.24. The number of hydrogen-bond acceptors (Lipinski definition) is 2. The van der Waals surface area contributed by atoms with Gasteiger partial charge in [0.15, 0.2) is 0 Å². The second kappa shape index (κ2) is 3.47. The van der Waals surface area contributed by atoms with Gasteiger partial charge in [0.25, 0.3) is 0 Å². The lowest BCUT2D eigenvalue weighted by Crippen LogP contribution is -2.12. The summed E-state index contributed by atoms with van der Waals surface area (Å²) in [5.41, 5.74) is 4.30. The minimum Gasteiger partial charge on any atom is -0.462 e. The molecule has 0 saturated carbocycles. The summed E-state index contributed by atoms with van der Waals surface area (Å²) in [5.74, 6) is 0.854. The van der Waals surface area contributed by atoms with Gasteiger partial charge in [-0.25, -0.2) is 4.79 Å². The van der Waals surface area contributed by atoms with Crippen LogP contribution >= 0.6 is 0 Å². The zero-order valence-electron chi connectivity index (χ0n) is 10.9. The first-order chi connectivity index (χ1) is 7.96. The third-order valence-electron chi connectivity index (χ3n) is 4.40. The molecule has 2 aliphatic carbocycles. The Hall–Kier alpha value is -1.05. The predicted molar refractivity (Wildman–Crippen MR) is 66.4 cm³/mol. The summed E-state index contributed by atoms with van der Waals surface area (Å²) in [4.78, 5) is 11.7. The molecule has 17 heavy (non-hydrogen) atoms. The van der Waals surface area contributed by atoms with E-state index < -0.39 is 0 Å². The SMILES string of the molecule is C[C@@H]1C[C@H]2COC(=O)C2=CC2=C1CC(C)(C)C2. The van der Waals surface area contributed by atoms with Crippen molar-refractivity contribution in [3.05, 3.63) is 22.8 Å². The number of cyclic esters (lactones) is 1. The molecule has 1 fully saturated rings. The van der Waals surface area contributed by atoms with Gasteiger partial charge in [-0.15, -0.1) is 0 Å². The van der Waals surface area contributed by atoms with E-state index in [0.29, 0.717) is 23.9 Å². The maximum Gasteiger partial charge on any atom is 0.334 e. The van der Waals surface area contributed by atoms with Crippen LogP contribution in [0.3, 0.4) is 0 Å². The molecule has 2 nitrogen and oxygen atoms in total. The first-order valence-electron chi connectivity index (χ1n) is 6.57. The number of carbonyl (C=O) groups is 1. The largest absolute Gasteiger partial charge is 0.462 e. The van der Waals surface area contributed by atoms with Crippen LogP contribution < -0.4 is 0 Å². The van der Waals surface area contributed by atoms with Gasteiger partial charge in [0.1, 0.15) is 0 Å². The van der Waals surface area contributed by atoms with E-state index in [2.05, 4.69) is 26.8 Å². The summed E-state index contributed by atoms with van der Waals surface area (Å²) in [7, 11) is 0. The van der Waals surface area contributed by atoms with Crippen molar-refractivity contribution in [1.29, 1.82) is 0 Å². The van der Waals surface area contributed by atoms with E-state index in [1.807, 2.05) is 0 Å². The van der Waals surface area contributed by atoms with Crippen molar-refractivity contribution in [2.24, 2.45) is 17.3 Å². The average molecular weight is 232 g/mol. The highest BCUT2D eigenvalue weighted by molar-refractivity contribution is 5.91. The summed E-state index contributed by atoms with van der Waals surface area (Å²) in [5, 5.41) is 0. The summed E-state index contributed by atoms with van der Waals surface area (Å²) >= 11 is 0. The van der Waals surface area contributed by atoms with Gasteiger partial charge < -0.3 is 4.74 Å². The van der Waals surface area contributed by atoms with Gasteiger partial charge in [-0.05, 0) is 42.2 Å². The van der Waals surface area contributed by atoms with Crippen molar-refractivity contribution in [2.45, 2.75) is 40.0 Å². The molecule has 0 unspecified atom stereocenters. The number of rotatable bonds is 0. The van der Waals surface area contributed by atoms with Crippen LogP contribution in [0.25, 0.3) is 0 Å². The van der Waals surface area contributed by atoms with E-state index in [4.69, 9.17) is 4.74 Å². The van der Waals surface area contributed by atoms with Crippen molar-refractivity contribution in [1.82, 2.24) is 0 Å². The quantitative estimate of drug-likeness (QED) is 0.599. The Morgan fingerprint density at radius 3 is 2.88 bits per heavy atom. The maximum atomic E-state index is 11.7. The second-order valence-electron chi connectivity index (χ2n) is 6.60. The van der Waals surface area contributed by atoms with Gasteiger partial charge in [-0.2, -0.15) is 0 Å². The van der Waals surface area contributed by atoms with Gasteiger partial charge in [0.05, 0.1) is 6.61 Å². The Morgan fingerprint density at radius 1 is 1.35 bits per heavy atom. The zero-order valence-corrected chi connectivity index (χ0v) is 10.9. The van der Waals surface area contributed by atoms with Gasteiger partial charge in [0.2, 0.25) is 0 Å². The number of allylic oxidation sites excluding steroid dienone is 3. The van der Waals surface area contributed by atoms with Crippen molar-refractivity contribution < 1.29 is 9.53 Å². The minimum absolute atomic E-state index is 0.0827. The first-order valence-corrected chi connectivity index (χ1v) is 6.57. The fraction of sp³-hybridized carbons (Fsp3) is 0.667. The van der Waals surface area contributed by atoms with Crippen LogP contribution in [0.2, 0.25) is 0 Å². The molecule has 0 aromatic carbocycles. The van der Waals surface area contributed by atoms with E-state index in [-0.39, 0.29) is 5.97 Å². The van der Waals surface area contributed by atoms with E-state index in [1.54, 1.807) is 5.57 Å². The van der Waals surface area contributed by atoms with E-state index in [0.717, 1.165) is 18.4 Å². The van der Waals surface area contributed by atoms with E-state index >= 15 is 0 Å². The Bertz CT molecular complexity index is 440. The van der Waals surface area contributed by atoms with Crippen LogP contribution in [0.15, 0.2) is 22.8 Å². The Kier molecular flexibility index (Phi) is 2.26. The molecule has 0 aromatic rings. The lowest BCUT2D eigenvalue weighted by molar-refractivity contribution is -0.135. The third-order valence-corrected chi connectivity index (χ3v) is 4.40. The van der Waals surface area contributed by atoms with Gasteiger partial charge >= 0.3 is 5.97 Å². The Labute approximate surface area is 103 Å². The lowest BCUT2D eigenvalue weighted by Gasteiger charge is -2.21. The standard InChI is InChI=1S/C15H20O2/c1-9-4-11-8-17-14(16)12(11)5-10-6-15(2,3)7-13(9)10/h5,9,11H,4,6-8H2,1-3H3/t9-,11+/m1/s1. The smallest absolute Gasteiger partial charge is 0.334 e. The van der Waals surface area contributed by atoms with Crippen molar-refractivity contribution >= 4 is 5.97 Å². The molecule has 2 heteroatoms. The van der Waals surface area contributed by atoms with Crippen LogP contribution in [0.5, 0.6) is 0 Å². The Balaban J connectivity index is 2.01. The zero-order chi connectivity index (χ0) is 12.2. The monoisotopic (exact) mass is 232 g/mol. The molecule has 2 atom stereocenters. The molecule has 0 N–H and O–H groups in total. The highest BCUT2D eigenvalue weighted by Crippen LogP contribution is 2.49. The molecule has 92 valence electrons. The van der Waals surface area contributed by atoms with Crippen molar-refractivity contribution in [3.63, 3.8) is 0 Å². The van der Waals surface area contributed by atoms with Crippen molar-refractivity contribution in [3.8, 4) is 0 Å². The summed E-state index contributed by atoms with van der Waals surface area (Å²) in [6, 6.07) is 0. The van der Waals surface area contributed by atoms with Crippen LogP contribution in [0, 0.1) is 17.3 Å². The molecule has 1 heterocycles. The fourth-order valence-corrected chi connectivity index (χ4v) is 3.60. The number of ether oxygens (including phenoxy) is 1.